The molecule has 8 nitrogen and oxygen atoms in total. The minimum absolute atomic E-state index is 0.0296. The number of hydrogen-bond acceptors (Lipinski definition) is 8. The van der Waals surface area contributed by atoms with E-state index in [9.17, 15) is 0 Å². The second kappa shape index (κ2) is 9.31. The van der Waals surface area contributed by atoms with Gasteiger partial charge in [-0.1, -0.05) is 30.3 Å². The molecule has 0 saturated carbocycles. The summed E-state index contributed by atoms with van der Waals surface area (Å²) in [5.41, 5.74) is 8.07. The predicted octanol–water partition coefficient (Wildman–Crippen LogP) is 5.99. The summed E-state index contributed by atoms with van der Waals surface area (Å²) >= 11 is 0. The molecule has 5 heterocycles. The molecule has 0 radical (unpaired) electrons. The van der Waals surface area contributed by atoms with Crippen LogP contribution in [0.15, 0.2) is 58.6 Å². The maximum absolute atomic E-state index is 6.08. The van der Waals surface area contributed by atoms with Crippen molar-refractivity contribution >= 4 is 22.3 Å². The molecule has 2 aliphatic heterocycles. The van der Waals surface area contributed by atoms with Crippen LogP contribution in [0.2, 0.25) is 0 Å². The predicted molar refractivity (Wildman–Crippen MR) is 151 cm³/mol. The number of fused-ring (bicyclic) bond motifs is 4. The number of ether oxygens (including phenoxy) is 1. The molecule has 1 aliphatic carbocycles. The van der Waals surface area contributed by atoms with Gasteiger partial charge >= 0.3 is 0 Å². The minimum atomic E-state index is 0.0296. The summed E-state index contributed by atoms with van der Waals surface area (Å²) in [5, 5.41) is 9.00. The van der Waals surface area contributed by atoms with Gasteiger partial charge in [0.25, 0.3) is 0 Å². The summed E-state index contributed by atoms with van der Waals surface area (Å²) in [4.78, 5) is 17.4. The van der Waals surface area contributed by atoms with E-state index in [4.69, 9.17) is 19.2 Å². The number of methoxy groups -OCH3 is 1. The molecular formula is C31H32N6O2. The Kier molecular flexibility index (Phi) is 5.74. The monoisotopic (exact) mass is 520 g/mol. The van der Waals surface area contributed by atoms with Crippen LogP contribution in [0.5, 0.6) is 0 Å². The zero-order valence-corrected chi connectivity index (χ0v) is 22.8. The standard InChI is InChI=1S/C31H32N6O2/c1-17-26-24(15-22(30(17)38-4)27-18(2)36-39-19(27)3)33-31-28(26)29(34-25(35-31)16-37-13-7-8-14-37)21-11-12-32-23-10-6-5-9-20(21)23/h5-6,9-12,15,17,26H,7-8,13-14,16H2,1-4H3,(H,33,34,35). The van der Waals surface area contributed by atoms with Crippen molar-refractivity contribution in [1.82, 2.24) is 25.0 Å². The SMILES string of the molecule is COC1=C(c2c(C)noc2C)C=C2Nc3nc(CN4CCCC4)nc(-c4ccnc5ccccc45)c3C2C1C. The van der Waals surface area contributed by atoms with Gasteiger partial charge in [-0.05, 0) is 58.0 Å². The van der Waals surface area contributed by atoms with E-state index in [1.54, 1.807) is 7.11 Å². The molecule has 3 aromatic heterocycles. The molecule has 3 aliphatic rings. The molecule has 4 aromatic rings. The fourth-order valence-electron chi connectivity index (χ4n) is 6.62. The van der Waals surface area contributed by atoms with Gasteiger partial charge in [-0.25, -0.2) is 9.97 Å². The molecule has 0 bridgehead atoms. The number of likely N-dealkylation sites (tertiary alicyclic amines) is 1. The topological polar surface area (TPSA) is 89.2 Å². The van der Waals surface area contributed by atoms with E-state index >= 15 is 0 Å². The zero-order valence-electron chi connectivity index (χ0n) is 22.8. The van der Waals surface area contributed by atoms with Crippen molar-refractivity contribution < 1.29 is 9.26 Å². The summed E-state index contributed by atoms with van der Waals surface area (Å²) in [5.74, 6) is 3.51. The summed E-state index contributed by atoms with van der Waals surface area (Å²) < 4.78 is 11.6. The van der Waals surface area contributed by atoms with E-state index in [0.29, 0.717) is 0 Å². The van der Waals surface area contributed by atoms with Crippen molar-refractivity contribution in [2.24, 2.45) is 5.92 Å². The highest BCUT2D eigenvalue weighted by Crippen LogP contribution is 2.53. The van der Waals surface area contributed by atoms with Crippen LogP contribution in [0.1, 0.15) is 54.1 Å². The van der Waals surface area contributed by atoms with Gasteiger partial charge in [0.05, 0.1) is 36.1 Å². The first-order valence-corrected chi connectivity index (χ1v) is 13.7. The molecule has 7 rings (SSSR count). The molecule has 0 spiro atoms. The van der Waals surface area contributed by atoms with Crippen LogP contribution in [-0.2, 0) is 11.3 Å². The van der Waals surface area contributed by atoms with Gasteiger partial charge in [-0.2, -0.15) is 0 Å². The van der Waals surface area contributed by atoms with E-state index in [2.05, 4.69) is 57.6 Å². The zero-order chi connectivity index (χ0) is 26.7. The third-order valence-electron chi connectivity index (χ3n) is 8.37. The highest BCUT2D eigenvalue weighted by atomic mass is 16.5. The van der Waals surface area contributed by atoms with Gasteiger partial charge in [-0.3, -0.25) is 9.88 Å². The van der Waals surface area contributed by atoms with Crippen molar-refractivity contribution in [3.63, 3.8) is 0 Å². The van der Waals surface area contributed by atoms with E-state index in [-0.39, 0.29) is 11.8 Å². The quantitative estimate of drug-likeness (QED) is 0.343. The molecule has 198 valence electrons. The average molecular weight is 521 g/mol. The Labute approximate surface area is 227 Å². The number of pyridine rings is 1. The molecule has 39 heavy (non-hydrogen) atoms. The Morgan fingerprint density at radius 3 is 2.69 bits per heavy atom. The maximum Gasteiger partial charge on any atom is 0.145 e. The Balaban J connectivity index is 1.42. The minimum Gasteiger partial charge on any atom is -0.500 e. The molecule has 1 saturated heterocycles. The lowest BCUT2D eigenvalue weighted by atomic mass is 9.77. The number of nitrogens with zero attached hydrogens (tertiary/aromatic N) is 5. The lowest BCUT2D eigenvalue weighted by molar-refractivity contribution is 0.240. The van der Waals surface area contributed by atoms with E-state index in [1.165, 1.54) is 12.8 Å². The largest absolute Gasteiger partial charge is 0.500 e. The maximum atomic E-state index is 6.08. The fraction of sp³-hybridized carbons (Fsp3) is 0.355. The highest BCUT2D eigenvalue weighted by molar-refractivity contribution is 5.96. The summed E-state index contributed by atoms with van der Waals surface area (Å²) in [6.07, 6.45) is 6.53. The smallest absolute Gasteiger partial charge is 0.145 e. The van der Waals surface area contributed by atoms with Crippen LogP contribution in [0.25, 0.3) is 27.7 Å². The number of hydrogen-bond donors (Lipinski definition) is 1. The summed E-state index contributed by atoms with van der Waals surface area (Å²) in [7, 11) is 1.75. The number of allylic oxidation sites excluding steroid dienone is 4. The first-order chi connectivity index (χ1) is 19.0. The van der Waals surface area contributed by atoms with Crippen molar-refractivity contribution in [3.8, 4) is 11.3 Å². The summed E-state index contributed by atoms with van der Waals surface area (Å²) in [6.45, 7) is 9.07. The van der Waals surface area contributed by atoms with Crippen molar-refractivity contribution in [2.75, 3.05) is 25.5 Å². The number of nitrogens with one attached hydrogen (secondary N) is 1. The van der Waals surface area contributed by atoms with Gasteiger partial charge in [0, 0.05) is 45.8 Å². The van der Waals surface area contributed by atoms with Gasteiger partial charge in [0.2, 0.25) is 0 Å². The lowest BCUT2D eigenvalue weighted by Crippen LogP contribution is -2.21. The normalized spacial score (nSPS) is 20.7. The van der Waals surface area contributed by atoms with Crippen molar-refractivity contribution in [2.45, 2.75) is 46.1 Å². The molecule has 8 heteroatoms. The first-order valence-electron chi connectivity index (χ1n) is 13.7. The molecule has 1 fully saturated rings. The number of benzene rings is 1. The van der Waals surface area contributed by atoms with E-state index in [1.807, 2.05) is 26.1 Å². The number of anilines is 1. The average Bonchev–Trinajstić information content (AvgIpc) is 3.67. The number of aryl methyl sites for hydroxylation is 2. The Morgan fingerprint density at radius 2 is 1.92 bits per heavy atom. The molecule has 2 unspecified atom stereocenters. The lowest BCUT2D eigenvalue weighted by Gasteiger charge is -2.30. The van der Waals surface area contributed by atoms with E-state index < -0.39 is 0 Å². The van der Waals surface area contributed by atoms with Crippen LogP contribution in [0.3, 0.4) is 0 Å². The van der Waals surface area contributed by atoms with Crippen LogP contribution in [-0.4, -0.2) is 45.2 Å². The molecule has 1 N–H and O–H groups in total. The molecule has 0 amide bonds. The van der Waals surface area contributed by atoms with Gasteiger partial charge < -0.3 is 14.6 Å². The van der Waals surface area contributed by atoms with Crippen LogP contribution < -0.4 is 5.32 Å². The summed E-state index contributed by atoms with van der Waals surface area (Å²) in [6, 6.07) is 10.4. The van der Waals surface area contributed by atoms with Crippen molar-refractivity contribution in [1.29, 1.82) is 0 Å². The van der Waals surface area contributed by atoms with Gasteiger partial charge in [-0.15, -0.1) is 0 Å². The third kappa shape index (κ3) is 3.85. The molecular weight excluding hydrogens is 488 g/mol. The second-order valence-corrected chi connectivity index (χ2v) is 10.8. The third-order valence-corrected chi connectivity index (χ3v) is 8.37. The van der Waals surface area contributed by atoms with Crippen LogP contribution >= 0.6 is 0 Å². The number of aromatic nitrogens is 4. The van der Waals surface area contributed by atoms with Crippen molar-refractivity contribution in [3.05, 3.63) is 82.5 Å². The van der Waals surface area contributed by atoms with Crippen LogP contribution in [0, 0.1) is 19.8 Å². The molecule has 2 atom stereocenters. The Hall–Kier alpha value is -4.04. The van der Waals surface area contributed by atoms with Crippen LogP contribution in [0.4, 0.5) is 5.82 Å². The van der Waals surface area contributed by atoms with E-state index in [0.717, 1.165) is 93.0 Å². The number of para-hydroxylation sites is 1. The Morgan fingerprint density at radius 1 is 1.10 bits per heavy atom. The Bertz CT molecular complexity index is 1640. The highest BCUT2D eigenvalue weighted by Gasteiger charge is 2.42. The molecule has 1 aromatic carbocycles. The van der Waals surface area contributed by atoms with Gasteiger partial charge in [0.15, 0.2) is 0 Å². The first kappa shape index (κ1) is 24.0. The second-order valence-electron chi connectivity index (χ2n) is 10.8. The van der Waals surface area contributed by atoms with Gasteiger partial charge in [0.1, 0.15) is 23.2 Å². The number of rotatable bonds is 5. The fourth-order valence-corrected chi connectivity index (χ4v) is 6.62.